The quantitative estimate of drug-likeness (QED) is 0.545. The first-order valence-electron chi connectivity index (χ1n) is 11.6. The van der Waals surface area contributed by atoms with Gasteiger partial charge in [0.2, 0.25) is 0 Å². The maximum absolute atomic E-state index is 13.2. The van der Waals surface area contributed by atoms with Crippen LogP contribution >= 0.6 is 23.6 Å². The Balaban J connectivity index is 1.31. The lowest BCUT2D eigenvalue weighted by Gasteiger charge is -2.23. The first-order chi connectivity index (χ1) is 15.5. The van der Waals surface area contributed by atoms with Gasteiger partial charge in [-0.15, -0.1) is 16.4 Å². The summed E-state index contributed by atoms with van der Waals surface area (Å²) in [7, 11) is 1.83. The molecule has 2 fully saturated rings. The average molecular weight is 472 g/mol. The third-order valence-electron chi connectivity index (χ3n) is 6.73. The van der Waals surface area contributed by atoms with Gasteiger partial charge in [0.25, 0.3) is 5.91 Å². The summed E-state index contributed by atoms with van der Waals surface area (Å²) in [5, 5.41) is 14.2. The van der Waals surface area contributed by atoms with Gasteiger partial charge in [-0.1, -0.05) is 17.4 Å². The molecule has 5 rings (SSSR count). The summed E-state index contributed by atoms with van der Waals surface area (Å²) in [4.78, 5) is 28.8. The molecule has 2 N–H and O–H groups in total. The van der Waals surface area contributed by atoms with Gasteiger partial charge < -0.3 is 10.6 Å². The molecule has 2 aromatic rings. The molecular formula is C23H29N5O2S2. The number of thiocarbonyl (C=S) groups is 1. The summed E-state index contributed by atoms with van der Waals surface area (Å²) in [6.07, 6.45) is 10.1. The zero-order valence-electron chi connectivity index (χ0n) is 18.4. The number of carbonyl (C=O) groups is 2. The molecule has 0 radical (unpaired) electrons. The van der Waals surface area contributed by atoms with Gasteiger partial charge in [-0.3, -0.25) is 9.59 Å². The molecule has 2 aromatic heterocycles. The molecule has 2 heterocycles. The Morgan fingerprint density at radius 2 is 2.03 bits per heavy atom. The van der Waals surface area contributed by atoms with Crippen molar-refractivity contribution in [2.24, 2.45) is 24.8 Å². The van der Waals surface area contributed by atoms with Gasteiger partial charge in [0.1, 0.15) is 11.6 Å². The fourth-order valence-electron chi connectivity index (χ4n) is 4.49. The highest BCUT2D eigenvalue weighted by Crippen LogP contribution is 2.40. The van der Waals surface area contributed by atoms with Crippen LogP contribution in [0, 0.1) is 17.8 Å². The number of aromatic nitrogens is 3. The topological polar surface area (TPSA) is 88.9 Å². The SMILES string of the molecule is Cn1nncc1NC(=S)C[C@H]1CCc2sc(CC(=O)C3CC3)c(C(=O)NCC3CC3)c2C1. The van der Waals surface area contributed by atoms with Gasteiger partial charge in [0.05, 0.1) is 16.7 Å². The van der Waals surface area contributed by atoms with E-state index < -0.39 is 0 Å². The van der Waals surface area contributed by atoms with Crippen LogP contribution in [0.1, 0.15) is 64.2 Å². The first kappa shape index (κ1) is 21.7. The number of nitrogens with one attached hydrogen (secondary N) is 2. The molecule has 0 bridgehead atoms. The van der Waals surface area contributed by atoms with Crippen molar-refractivity contribution in [2.45, 2.75) is 57.8 Å². The van der Waals surface area contributed by atoms with Crippen molar-refractivity contribution < 1.29 is 9.59 Å². The fourth-order valence-corrected chi connectivity index (χ4v) is 6.19. The van der Waals surface area contributed by atoms with Crippen LogP contribution in [0.15, 0.2) is 6.20 Å². The summed E-state index contributed by atoms with van der Waals surface area (Å²) in [6.45, 7) is 0.746. The van der Waals surface area contributed by atoms with E-state index in [4.69, 9.17) is 12.2 Å². The van der Waals surface area contributed by atoms with E-state index in [1.807, 2.05) is 7.05 Å². The van der Waals surface area contributed by atoms with Crippen LogP contribution in [-0.4, -0.2) is 38.2 Å². The van der Waals surface area contributed by atoms with Crippen molar-refractivity contribution in [1.29, 1.82) is 0 Å². The Bertz CT molecular complexity index is 1050. The van der Waals surface area contributed by atoms with Gasteiger partial charge in [-0.25, -0.2) is 4.68 Å². The van der Waals surface area contributed by atoms with Crippen LogP contribution in [-0.2, 0) is 31.1 Å². The van der Waals surface area contributed by atoms with Crippen LogP contribution < -0.4 is 10.6 Å². The minimum Gasteiger partial charge on any atom is -0.352 e. The van der Waals surface area contributed by atoms with Gasteiger partial charge in [0, 0.05) is 42.1 Å². The van der Waals surface area contributed by atoms with E-state index in [2.05, 4.69) is 20.9 Å². The normalized spacial score (nSPS) is 20.0. The molecule has 0 saturated heterocycles. The minimum atomic E-state index is 0.00954. The summed E-state index contributed by atoms with van der Waals surface area (Å²) in [5.74, 6) is 2.31. The molecule has 0 aliphatic heterocycles. The third kappa shape index (κ3) is 4.93. The highest BCUT2D eigenvalue weighted by molar-refractivity contribution is 7.80. The van der Waals surface area contributed by atoms with Crippen LogP contribution in [0.3, 0.4) is 0 Å². The Hall–Kier alpha value is -2.13. The molecule has 9 heteroatoms. The van der Waals surface area contributed by atoms with Crippen molar-refractivity contribution in [1.82, 2.24) is 20.3 Å². The molecule has 0 spiro atoms. The molecule has 2 saturated carbocycles. The number of anilines is 1. The van der Waals surface area contributed by atoms with Crippen LogP contribution in [0.25, 0.3) is 0 Å². The summed E-state index contributed by atoms with van der Waals surface area (Å²) in [6, 6.07) is 0. The van der Waals surface area contributed by atoms with E-state index in [0.717, 1.165) is 71.9 Å². The highest BCUT2D eigenvalue weighted by Gasteiger charge is 2.34. The number of carbonyl (C=O) groups excluding carboxylic acids is 2. The van der Waals surface area contributed by atoms with Crippen molar-refractivity contribution in [2.75, 3.05) is 11.9 Å². The van der Waals surface area contributed by atoms with E-state index >= 15 is 0 Å². The van der Waals surface area contributed by atoms with Gasteiger partial charge in [-0.2, -0.15) is 0 Å². The number of hydrogen-bond acceptors (Lipinski definition) is 6. The maximum atomic E-state index is 13.2. The Morgan fingerprint density at radius 1 is 1.22 bits per heavy atom. The van der Waals surface area contributed by atoms with Crippen molar-refractivity contribution in [3.05, 3.63) is 27.1 Å². The first-order valence-corrected chi connectivity index (χ1v) is 12.8. The summed E-state index contributed by atoms with van der Waals surface area (Å²) < 4.78 is 1.66. The minimum absolute atomic E-state index is 0.00954. The highest BCUT2D eigenvalue weighted by atomic mass is 32.1. The lowest BCUT2D eigenvalue weighted by Crippen LogP contribution is -2.28. The molecule has 3 aliphatic rings. The molecule has 7 nitrogen and oxygen atoms in total. The molecule has 3 aliphatic carbocycles. The second-order valence-corrected chi connectivity index (χ2v) is 11.2. The number of fused-ring (bicyclic) bond motifs is 1. The molecule has 0 unspecified atom stereocenters. The lowest BCUT2D eigenvalue weighted by atomic mass is 9.83. The largest absolute Gasteiger partial charge is 0.352 e. The monoisotopic (exact) mass is 471 g/mol. The predicted octanol–water partition coefficient (Wildman–Crippen LogP) is 3.47. The lowest BCUT2D eigenvalue weighted by molar-refractivity contribution is -0.119. The number of hydrogen-bond donors (Lipinski definition) is 2. The number of rotatable bonds is 9. The fraction of sp³-hybridized carbons (Fsp3) is 0.609. The Kier molecular flexibility index (Phi) is 6.11. The van der Waals surface area contributed by atoms with Crippen molar-refractivity contribution >= 4 is 46.1 Å². The summed E-state index contributed by atoms with van der Waals surface area (Å²) >= 11 is 7.29. The number of ketones is 1. The number of Topliss-reactive ketones (excluding diaryl/α,β-unsaturated/α-hetero) is 1. The van der Waals surface area contributed by atoms with E-state index in [9.17, 15) is 9.59 Å². The molecular weight excluding hydrogens is 442 g/mol. The standard InChI is InChI=1S/C23H29N5O2S2/c1-28-20(12-25-27-28)26-21(31)9-14-4-7-18-16(8-14)22(23(30)24-11-13-2-3-13)19(32-18)10-17(29)15-5-6-15/h12-15H,2-11H2,1H3,(H,24,30)(H,26,31)/t14-/m0/s1. The van der Waals surface area contributed by atoms with E-state index in [0.29, 0.717) is 24.0 Å². The average Bonchev–Trinajstić information content (AvgIpc) is 3.68. The van der Waals surface area contributed by atoms with Crippen LogP contribution in [0.2, 0.25) is 0 Å². The third-order valence-corrected chi connectivity index (χ3v) is 8.30. The molecule has 0 aromatic carbocycles. The van der Waals surface area contributed by atoms with Crippen molar-refractivity contribution in [3.63, 3.8) is 0 Å². The molecule has 32 heavy (non-hydrogen) atoms. The second kappa shape index (κ2) is 9.02. The molecule has 1 atom stereocenters. The molecule has 170 valence electrons. The Morgan fingerprint density at radius 3 is 2.72 bits per heavy atom. The van der Waals surface area contributed by atoms with Gasteiger partial charge >= 0.3 is 0 Å². The Labute approximate surface area is 197 Å². The number of aryl methyl sites for hydroxylation is 2. The predicted molar refractivity (Wildman–Crippen MR) is 128 cm³/mol. The second-order valence-electron chi connectivity index (χ2n) is 9.48. The van der Waals surface area contributed by atoms with Crippen LogP contribution in [0.5, 0.6) is 0 Å². The molecule has 1 amide bonds. The summed E-state index contributed by atoms with van der Waals surface area (Å²) in [5.41, 5.74) is 1.95. The number of amides is 1. The van der Waals surface area contributed by atoms with Crippen LogP contribution in [0.4, 0.5) is 5.82 Å². The van der Waals surface area contributed by atoms with E-state index in [1.54, 1.807) is 22.2 Å². The van der Waals surface area contributed by atoms with Crippen molar-refractivity contribution in [3.8, 4) is 0 Å². The smallest absolute Gasteiger partial charge is 0.252 e. The zero-order chi connectivity index (χ0) is 22.2. The van der Waals surface area contributed by atoms with Gasteiger partial charge in [0.15, 0.2) is 0 Å². The van der Waals surface area contributed by atoms with E-state index in [-0.39, 0.29) is 11.8 Å². The van der Waals surface area contributed by atoms with E-state index in [1.165, 1.54) is 17.7 Å². The number of thiophene rings is 1. The maximum Gasteiger partial charge on any atom is 0.252 e. The van der Waals surface area contributed by atoms with Gasteiger partial charge in [-0.05, 0) is 62.3 Å². The zero-order valence-corrected chi connectivity index (χ0v) is 20.0. The number of nitrogens with zero attached hydrogens (tertiary/aromatic N) is 3.